The van der Waals surface area contributed by atoms with Crippen molar-refractivity contribution in [1.82, 2.24) is 9.80 Å². The molecular weight excluding hydrogens is 392 g/mol. The molecule has 2 atom stereocenters. The van der Waals surface area contributed by atoms with Gasteiger partial charge in [-0.3, -0.25) is 4.79 Å². The number of carboxylic acids is 1. The summed E-state index contributed by atoms with van der Waals surface area (Å²) < 4.78 is 5.80. The summed E-state index contributed by atoms with van der Waals surface area (Å²) >= 11 is 0. The van der Waals surface area contributed by atoms with Gasteiger partial charge in [-0.1, -0.05) is 30.3 Å². The number of amides is 1. The molecule has 1 aromatic carbocycles. The Hall–Kier alpha value is -2.08. The number of aliphatic carboxylic acids is 1. The number of ether oxygens (including phenoxy) is 1. The molecule has 1 aliphatic heterocycles. The number of likely N-dealkylation sites (tertiary alicyclic amines) is 1. The molecule has 1 N–H and O–H groups in total. The lowest BCUT2D eigenvalue weighted by atomic mass is 9.95. The Morgan fingerprint density at radius 3 is 2.35 bits per heavy atom. The van der Waals surface area contributed by atoms with Crippen LogP contribution in [0.1, 0.15) is 64.4 Å². The quantitative estimate of drug-likeness (QED) is 0.699. The zero-order chi connectivity index (χ0) is 22.2. The summed E-state index contributed by atoms with van der Waals surface area (Å²) in [7, 11) is 0. The largest absolute Gasteiger partial charge is 0.481 e. The molecule has 0 radical (unpaired) electrons. The minimum Gasteiger partial charge on any atom is -0.481 e. The second-order valence-corrected chi connectivity index (χ2v) is 10.8. The second-order valence-electron chi connectivity index (χ2n) is 10.8. The topological polar surface area (TPSA) is 70.1 Å². The lowest BCUT2D eigenvalue weighted by molar-refractivity contribution is -0.143. The van der Waals surface area contributed by atoms with E-state index in [4.69, 9.17) is 4.74 Å². The van der Waals surface area contributed by atoms with Gasteiger partial charge in [-0.2, -0.15) is 0 Å². The number of hydrogen-bond acceptors (Lipinski definition) is 4. The van der Waals surface area contributed by atoms with Crippen LogP contribution in [-0.4, -0.2) is 64.8 Å². The van der Waals surface area contributed by atoms with Crippen LogP contribution in [0.4, 0.5) is 4.79 Å². The summed E-state index contributed by atoms with van der Waals surface area (Å²) in [4.78, 5) is 28.8. The minimum absolute atomic E-state index is 0.122. The van der Waals surface area contributed by atoms with E-state index in [1.54, 1.807) is 0 Å². The van der Waals surface area contributed by atoms with Crippen LogP contribution in [0, 0.1) is 11.3 Å². The van der Waals surface area contributed by atoms with Gasteiger partial charge in [0.1, 0.15) is 5.60 Å². The van der Waals surface area contributed by atoms with Gasteiger partial charge in [0.25, 0.3) is 0 Å². The van der Waals surface area contributed by atoms with Crippen LogP contribution >= 0.6 is 0 Å². The van der Waals surface area contributed by atoms with Gasteiger partial charge in [-0.15, -0.1) is 0 Å². The van der Waals surface area contributed by atoms with E-state index < -0.39 is 11.6 Å². The molecule has 4 rings (SSSR count). The van der Waals surface area contributed by atoms with E-state index in [9.17, 15) is 14.7 Å². The maximum absolute atomic E-state index is 13.2. The molecule has 6 nitrogen and oxygen atoms in total. The molecule has 3 aliphatic rings. The number of piperidine rings is 1. The molecule has 2 saturated carbocycles. The van der Waals surface area contributed by atoms with Crippen LogP contribution < -0.4 is 0 Å². The molecule has 1 saturated heterocycles. The van der Waals surface area contributed by atoms with Crippen LogP contribution in [0.5, 0.6) is 0 Å². The third-order valence-corrected chi connectivity index (χ3v) is 6.97. The minimum atomic E-state index is -0.669. The normalized spacial score (nSPS) is 25.6. The van der Waals surface area contributed by atoms with Crippen molar-refractivity contribution < 1.29 is 19.4 Å². The summed E-state index contributed by atoms with van der Waals surface area (Å²) in [5, 5.41) is 9.25. The molecule has 1 aromatic rings. The van der Waals surface area contributed by atoms with E-state index >= 15 is 0 Å². The van der Waals surface area contributed by atoms with Gasteiger partial charge in [0.15, 0.2) is 0 Å². The maximum atomic E-state index is 13.2. The smallest absolute Gasteiger partial charge is 0.410 e. The fourth-order valence-corrected chi connectivity index (χ4v) is 4.94. The Labute approximate surface area is 185 Å². The van der Waals surface area contributed by atoms with Gasteiger partial charge in [0.2, 0.25) is 0 Å². The third-order valence-electron chi connectivity index (χ3n) is 6.97. The zero-order valence-corrected chi connectivity index (χ0v) is 19.0. The molecule has 0 bridgehead atoms. The van der Waals surface area contributed by atoms with Crippen molar-refractivity contribution in [3.63, 3.8) is 0 Å². The molecule has 0 unspecified atom stereocenters. The van der Waals surface area contributed by atoms with Gasteiger partial charge < -0.3 is 19.6 Å². The van der Waals surface area contributed by atoms with E-state index in [-0.39, 0.29) is 23.5 Å². The summed E-state index contributed by atoms with van der Waals surface area (Å²) in [5.41, 5.74) is 0.903. The number of carbonyl (C=O) groups is 2. The summed E-state index contributed by atoms with van der Waals surface area (Å²) in [6.07, 6.45) is 4.47. The average Bonchev–Trinajstić information content (AvgIpc) is 3.62. The first kappa shape index (κ1) is 22.1. The fourth-order valence-electron chi connectivity index (χ4n) is 4.94. The Balaban J connectivity index is 1.41. The summed E-state index contributed by atoms with van der Waals surface area (Å²) in [5.74, 6) is -0.490. The first-order valence-electron chi connectivity index (χ1n) is 11.7. The van der Waals surface area contributed by atoms with Crippen LogP contribution in [0.15, 0.2) is 30.3 Å². The van der Waals surface area contributed by atoms with Gasteiger partial charge in [-0.25, -0.2) is 4.79 Å². The number of rotatable bonds is 7. The molecule has 170 valence electrons. The molecule has 31 heavy (non-hydrogen) atoms. The SMILES string of the molecule is CC(C)(C)OC(=O)N(CC1(CN2CCC(C(=O)O)CC2)CC1)[C@H]1C[C@@H]1c1ccccc1. The van der Waals surface area contributed by atoms with Gasteiger partial charge >= 0.3 is 12.1 Å². The van der Waals surface area contributed by atoms with Crippen molar-refractivity contribution in [1.29, 1.82) is 0 Å². The Kier molecular flexibility index (Phi) is 6.03. The third kappa shape index (κ3) is 5.59. The van der Waals surface area contributed by atoms with Crippen molar-refractivity contribution in [2.75, 3.05) is 26.2 Å². The Morgan fingerprint density at radius 2 is 1.81 bits per heavy atom. The lowest BCUT2D eigenvalue weighted by Gasteiger charge is -2.36. The fraction of sp³-hybridized carbons (Fsp3) is 0.680. The maximum Gasteiger partial charge on any atom is 0.410 e. The predicted molar refractivity (Wildman–Crippen MR) is 119 cm³/mol. The number of nitrogens with zero attached hydrogens (tertiary/aromatic N) is 2. The van der Waals surface area contributed by atoms with E-state index in [1.807, 2.05) is 31.7 Å². The van der Waals surface area contributed by atoms with E-state index in [2.05, 4.69) is 29.2 Å². The monoisotopic (exact) mass is 428 g/mol. The lowest BCUT2D eigenvalue weighted by Crippen LogP contribution is -2.46. The highest BCUT2D eigenvalue weighted by Crippen LogP contribution is 2.51. The predicted octanol–water partition coefficient (Wildman–Crippen LogP) is 4.36. The van der Waals surface area contributed by atoms with Crippen LogP contribution in [0.3, 0.4) is 0 Å². The standard InChI is InChI=1S/C25H36N2O4/c1-24(2,3)31-23(30)27(21-15-20(21)18-7-5-4-6-8-18)17-25(11-12-25)16-26-13-9-19(10-14-26)22(28)29/h4-8,19-21H,9-17H2,1-3H3,(H,28,29)/t20-,21+/m1/s1. The number of hydrogen-bond donors (Lipinski definition) is 1. The van der Waals surface area contributed by atoms with E-state index in [0.717, 1.165) is 58.3 Å². The van der Waals surface area contributed by atoms with Gasteiger partial charge in [0, 0.05) is 30.5 Å². The van der Waals surface area contributed by atoms with Crippen molar-refractivity contribution in [3.8, 4) is 0 Å². The van der Waals surface area contributed by atoms with Gasteiger partial charge in [-0.05, 0) is 71.5 Å². The number of carbonyl (C=O) groups excluding carboxylic acids is 1. The van der Waals surface area contributed by atoms with E-state index in [0.29, 0.717) is 5.92 Å². The van der Waals surface area contributed by atoms with E-state index in [1.165, 1.54) is 5.56 Å². The Morgan fingerprint density at radius 1 is 1.16 bits per heavy atom. The highest BCUT2D eigenvalue weighted by molar-refractivity contribution is 5.70. The molecule has 3 fully saturated rings. The highest BCUT2D eigenvalue weighted by atomic mass is 16.6. The summed E-state index contributed by atoms with van der Waals surface area (Å²) in [6, 6.07) is 10.7. The molecule has 0 spiro atoms. The number of benzene rings is 1. The molecule has 1 amide bonds. The van der Waals surface area contributed by atoms with Crippen LogP contribution in [0.25, 0.3) is 0 Å². The summed E-state index contributed by atoms with van der Waals surface area (Å²) in [6.45, 7) is 9.11. The highest BCUT2D eigenvalue weighted by Gasteiger charge is 2.52. The molecule has 0 aromatic heterocycles. The van der Waals surface area contributed by atoms with Gasteiger partial charge in [0.05, 0.1) is 5.92 Å². The molecular formula is C25H36N2O4. The Bertz CT molecular complexity index is 791. The first-order chi connectivity index (χ1) is 14.7. The zero-order valence-electron chi connectivity index (χ0n) is 19.0. The average molecular weight is 429 g/mol. The van der Waals surface area contributed by atoms with Crippen molar-refractivity contribution in [2.45, 2.75) is 70.4 Å². The molecule has 2 aliphatic carbocycles. The van der Waals surface area contributed by atoms with Crippen LogP contribution in [0.2, 0.25) is 0 Å². The number of carboxylic acid groups (broad SMARTS) is 1. The van der Waals surface area contributed by atoms with Crippen molar-refractivity contribution >= 4 is 12.1 Å². The van der Waals surface area contributed by atoms with Crippen molar-refractivity contribution in [2.24, 2.45) is 11.3 Å². The molecule has 6 heteroatoms. The second kappa shape index (κ2) is 8.45. The first-order valence-corrected chi connectivity index (χ1v) is 11.7. The van der Waals surface area contributed by atoms with Crippen molar-refractivity contribution in [3.05, 3.63) is 35.9 Å². The molecule has 1 heterocycles. The van der Waals surface area contributed by atoms with Crippen LogP contribution in [-0.2, 0) is 9.53 Å².